The largest absolute Gasteiger partial charge is 0.478 e. The van der Waals surface area contributed by atoms with E-state index in [1.165, 1.54) is 6.92 Å². The van der Waals surface area contributed by atoms with Crippen LogP contribution in [-0.2, 0) is 9.59 Å². The van der Waals surface area contributed by atoms with Crippen molar-refractivity contribution < 1.29 is 19.1 Å². The predicted octanol–water partition coefficient (Wildman–Crippen LogP) is 2.93. The van der Waals surface area contributed by atoms with Crippen molar-refractivity contribution in [3.05, 3.63) is 53.6 Å². The van der Waals surface area contributed by atoms with Gasteiger partial charge in [-0.2, -0.15) is 0 Å². The highest BCUT2D eigenvalue weighted by molar-refractivity contribution is 6.02. The topological polar surface area (TPSA) is 84.5 Å². The van der Waals surface area contributed by atoms with E-state index in [-0.39, 0.29) is 24.0 Å². The summed E-state index contributed by atoms with van der Waals surface area (Å²) in [5.41, 5.74) is 2.62. The van der Waals surface area contributed by atoms with Crippen molar-refractivity contribution >= 4 is 29.0 Å². The van der Waals surface area contributed by atoms with Gasteiger partial charge in [0.25, 0.3) is 5.91 Å². The van der Waals surface area contributed by atoms with Crippen LogP contribution in [0, 0.1) is 6.92 Å². The first-order valence-corrected chi connectivity index (χ1v) is 7.91. The van der Waals surface area contributed by atoms with Crippen LogP contribution < -0.4 is 15.4 Å². The molecule has 2 aromatic rings. The van der Waals surface area contributed by atoms with Crippen molar-refractivity contribution in [2.45, 2.75) is 26.4 Å². The van der Waals surface area contributed by atoms with E-state index in [1.54, 1.807) is 30.3 Å². The molecule has 1 atom stereocenters. The van der Waals surface area contributed by atoms with Gasteiger partial charge >= 0.3 is 0 Å². The van der Waals surface area contributed by atoms with E-state index < -0.39 is 6.10 Å². The first-order valence-electron chi connectivity index (χ1n) is 7.91. The molecule has 25 heavy (non-hydrogen) atoms. The lowest BCUT2D eigenvalue weighted by atomic mass is 10.1. The number of nitrogens with one attached hydrogen (secondary N) is 2. The van der Waals surface area contributed by atoms with Crippen LogP contribution in [0.4, 0.5) is 11.4 Å². The lowest BCUT2D eigenvalue weighted by molar-refractivity contribution is -0.128. The maximum atomic E-state index is 12.2. The third kappa shape index (κ3) is 3.85. The first kappa shape index (κ1) is 16.7. The molecule has 0 aliphatic carbocycles. The number of rotatable bonds is 4. The van der Waals surface area contributed by atoms with Crippen LogP contribution in [0.25, 0.3) is 0 Å². The molecule has 2 aromatic carbocycles. The second-order valence-electron chi connectivity index (χ2n) is 5.98. The Balaban J connectivity index is 1.67. The molecule has 0 aromatic heterocycles. The van der Waals surface area contributed by atoms with Gasteiger partial charge in [-0.1, -0.05) is 18.2 Å². The number of ketones is 1. The van der Waals surface area contributed by atoms with Gasteiger partial charge < -0.3 is 15.4 Å². The average Bonchev–Trinajstić information content (AvgIpc) is 2.56. The second-order valence-corrected chi connectivity index (χ2v) is 5.98. The minimum Gasteiger partial charge on any atom is -0.478 e. The number of hydrogen-bond acceptors (Lipinski definition) is 4. The Kier molecular flexibility index (Phi) is 4.52. The smallest absolute Gasteiger partial charge is 0.266 e. The summed E-state index contributed by atoms with van der Waals surface area (Å²) in [6.07, 6.45) is -1.02. The lowest BCUT2D eigenvalue weighted by Crippen LogP contribution is -2.39. The highest BCUT2D eigenvalue weighted by Gasteiger charge is 2.29. The molecule has 0 fully saturated rings. The summed E-state index contributed by atoms with van der Waals surface area (Å²) in [7, 11) is 0. The van der Waals surface area contributed by atoms with Crippen LogP contribution in [0.1, 0.15) is 29.3 Å². The number of hydrogen-bond donors (Lipinski definition) is 2. The molecule has 0 radical (unpaired) electrons. The van der Waals surface area contributed by atoms with Crippen LogP contribution in [0.15, 0.2) is 42.5 Å². The zero-order valence-corrected chi connectivity index (χ0v) is 14.0. The number of ether oxygens (including phenoxy) is 1. The molecule has 3 rings (SSSR count). The average molecular weight is 338 g/mol. The number of Topliss-reactive ketones (excluding diaryl/α,β-unsaturated/α-hetero) is 1. The molecule has 128 valence electrons. The molecule has 1 aliphatic heterocycles. The SMILES string of the molecule is CC(=O)c1cccc(NC(=O)C[C@H]2Oc3ccc(C)cc3NC2=O)c1. The minimum absolute atomic E-state index is 0.0852. The third-order valence-electron chi connectivity index (χ3n) is 3.88. The van der Waals surface area contributed by atoms with Gasteiger partial charge in [-0.25, -0.2) is 0 Å². The summed E-state index contributed by atoms with van der Waals surface area (Å²) in [5.74, 6) is -0.262. The number of aryl methyl sites for hydroxylation is 1. The lowest BCUT2D eigenvalue weighted by Gasteiger charge is -2.25. The van der Waals surface area contributed by atoms with E-state index in [4.69, 9.17) is 4.74 Å². The van der Waals surface area contributed by atoms with Crippen molar-refractivity contribution in [3.8, 4) is 5.75 Å². The van der Waals surface area contributed by atoms with E-state index in [9.17, 15) is 14.4 Å². The Morgan fingerprint density at radius 3 is 2.76 bits per heavy atom. The minimum atomic E-state index is -0.897. The Morgan fingerprint density at radius 2 is 2.00 bits per heavy atom. The van der Waals surface area contributed by atoms with Crippen LogP contribution in [0.2, 0.25) is 0 Å². The number of anilines is 2. The van der Waals surface area contributed by atoms with E-state index >= 15 is 0 Å². The third-order valence-corrected chi connectivity index (χ3v) is 3.88. The van der Waals surface area contributed by atoms with E-state index in [2.05, 4.69) is 10.6 Å². The predicted molar refractivity (Wildman–Crippen MR) is 93.9 cm³/mol. The maximum absolute atomic E-state index is 12.2. The Labute approximate surface area is 145 Å². The monoisotopic (exact) mass is 338 g/mol. The van der Waals surface area contributed by atoms with Gasteiger partial charge in [0.2, 0.25) is 5.91 Å². The molecule has 0 saturated heterocycles. The summed E-state index contributed by atoms with van der Waals surface area (Å²) < 4.78 is 5.64. The molecule has 2 amide bonds. The van der Waals surface area contributed by atoms with Crippen molar-refractivity contribution in [1.29, 1.82) is 0 Å². The van der Waals surface area contributed by atoms with E-state index in [0.29, 0.717) is 22.7 Å². The Bertz CT molecular complexity index is 860. The van der Waals surface area contributed by atoms with Crippen LogP contribution in [0.3, 0.4) is 0 Å². The van der Waals surface area contributed by atoms with E-state index in [0.717, 1.165) is 5.56 Å². The molecule has 0 unspecified atom stereocenters. The molecule has 2 N–H and O–H groups in total. The zero-order valence-electron chi connectivity index (χ0n) is 14.0. The Hall–Kier alpha value is -3.15. The van der Waals surface area contributed by atoms with Crippen molar-refractivity contribution in [3.63, 3.8) is 0 Å². The number of fused-ring (bicyclic) bond motifs is 1. The summed E-state index contributed by atoms with van der Waals surface area (Å²) >= 11 is 0. The maximum Gasteiger partial charge on any atom is 0.266 e. The number of amides is 2. The molecule has 0 spiro atoms. The molecule has 1 aliphatic rings. The molecule has 6 nitrogen and oxygen atoms in total. The summed E-state index contributed by atoms with van der Waals surface area (Å²) in [6, 6.07) is 12.1. The number of carbonyl (C=O) groups is 3. The fourth-order valence-corrected chi connectivity index (χ4v) is 2.59. The van der Waals surface area contributed by atoms with Gasteiger partial charge in [0, 0.05) is 11.3 Å². The van der Waals surface area contributed by atoms with Crippen LogP contribution in [-0.4, -0.2) is 23.7 Å². The highest BCUT2D eigenvalue weighted by atomic mass is 16.5. The summed E-state index contributed by atoms with van der Waals surface area (Å²) in [5, 5.41) is 5.44. The van der Waals surface area contributed by atoms with Gasteiger partial charge in [0.05, 0.1) is 12.1 Å². The molecule has 0 bridgehead atoms. The number of benzene rings is 2. The van der Waals surface area contributed by atoms with Gasteiger partial charge in [-0.15, -0.1) is 0 Å². The van der Waals surface area contributed by atoms with Gasteiger partial charge in [-0.3, -0.25) is 14.4 Å². The van der Waals surface area contributed by atoms with Crippen molar-refractivity contribution in [2.24, 2.45) is 0 Å². The fraction of sp³-hybridized carbons (Fsp3) is 0.211. The molecule has 6 heteroatoms. The highest BCUT2D eigenvalue weighted by Crippen LogP contribution is 2.31. The summed E-state index contributed by atoms with van der Waals surface area (Å²) in [6.45, 7) is 3.38. The van der Waals surface area contributed by atoms with Gasteiger partial charge in [-0.05, 0) is 43.7 Å². The van der Waals surface area contributed by atoms with Crippen molar-refractivity contribution in [2.75, 3.05) is 10.6 Å². The van der Waals surface area contributed by atoms with Gasteiger partial charge in [0.1, 0.15) is 5.75 Å². The van der Waals surface area contributed by atoms with Gasteiger partial charge in [0.15, 0.2) is 11.9 Å². The molecule has 0 saturated carbocycles. The Morgan fingerprint density at radius 1 is 1.20 bits per heavy atom. The summed E-state index contributed by atoms with van der Waals surface area (Å²) in [4.78, 5) is 35.8. The quantitative estimate of drug-likeness (QED) is 0.840. The fourth-order valence-electron chi connectivity index (χ4n) is 2.59. The first-order chi connectivity index (χ1) is 11.9. The second kappa shape index (κ2) is 6.76. The van der Waals surface area contributed by atoms with Crippen LogP contribution in [0.5, 0.6) is 5.75 Å². The standard InChI is InChI=1S/C19H18N2O4/c1-11-6-7-16-15(8-11)21-19(24)17(25-16)10-18(23)20-14-5-3-4-13(9-14)12(2)22/h3-9,17H,10H2,1-2H3,(H,20,23)(H,21,24)/t17-/m1/s1. The zero-order chi connectivity index (χ0) is 18.0. The molecular formula is C19H18N2O4. The molecule has 1 heterocycles. The number of carbonyl (C=O) groups excluding carboxylic acids is 3. The normalized spacial score (nSPS) is 15.6. The van der Waals surface area contributed by atoms with Crippen molar-refractivity contribution in [1.82, 2.24) is 0 Å². The van der Waals surface area contributed by atoms with Crippen LogP contribution >= 0.6 is 0 Å². The molecular weight excluding hydrogens is 320 g/mol. The van der Waals surface area contributed by atoms with E-state index in [1.807, 2.05) is 19.1 Å².